The van der Waals surface area contributed by atoms with Gasteiger partial charge in [-0.1, -0.05) is 12.1 Å². The lowest BCUT2D eigenvalue weighted by Crippen LogP contribution is -2.39. The molecule has 28 heavy (non-hydrogen) atoms. The predicted octanol–water partition coefficient (Wildman–Crippen LogP) is 2.84. The molecule has 1 amide bonds. The third-order valence-corrected chi connectivity index (χ3v) is 5.31. The van der Waals surface area contributed by atoms with Crippen LogP contribution in [0.1, 0.15) is 46.1 Å². The summed E-state index contributed by atoms with van der Waals surface area (Å²) < 4.78 is 2.17. The van der Waals surface area contributed by atoms with Gasteiger partial charge in [0.1, 0.15) is 5.82 Å². The number of carbonyl (C=O) groups is 1. The number of aliphatic hydroxyl groups is 1. The number of likely N-dealkylation sites (tertiary alicyclic amines) is 1. The summed E-state index contributed by atoms with van der Waals surface area (Å²) in [7, 11) is 0. The smallest absolute Gasteiger partial charge is 0.253 e. The minimum Gasteiger partial charge on any atom is -0.392 e. The van der Waals surface area contributed by atoms with E-state index in [-0.39, 0.29) is 18.4 Å². The van der Waals surface area contributed by atoms with Crippen molar-refractivity contribution in [2.75, 3.05) is 13.1 Å². The third kappa shape index (κ3) is 3.97. The molecular weight excluding hydrogens is 352 g/mol. The van der Waals surface area contributed by atoms with Gasteiger partial charge in [0, 0.05) is 55.9 Å². The maximum atomic E-state index is 12.9. The van der Waals surface area contributed by atoms with E-state index in [1.165, 1.54) is 5.56 Å². The number of hydrogen-bond acceptors (Lipinski definition) is 4. The topological polar surface area (TPSA) is 71.2 Å². The standard InChI is InChI=1S/C22H24N4O2/c27-16-18-3-5-19(6-4-18)22(28)26-12-1-2-20(15-26)21-24-11-13-25(21)14-17-7-9-23-10-8-17/h3-11,13,20,27H,1-2,12,14-16H2. The molecule has 1 atom stereocenters. The minimum atomic E-state index is -0.0135. The molecule has 144 valence electrons. The second kappa shape index (κ2) is 8.35. The van der Waals surface area contributed by atoms with Crippen molar-refractivity contribution in [1.29, 1.82) is 0 Å². The van der Waals surface area contributed by atoms with E-state index in [2.05, 4.69) is 14.5 Å². The number of aromatic nitrogens is 3. The van der Waals surface area contributed by atoms with Gasteiger partial charge in [-0.25, -0.2) is 4.98 Å². The Hall–Kier alpha value is -2.99. The molecule has 3 heterocycles. The highest BCUT2D eigenvalue weighted by Crippen LogP contribution is 2.27. The van der Waals surface area contributed by atoms with Gasteiger partial charge < -0.3 is 14.6 Å². The first-order valence-corrected chi connectivity index (χ1v) is 9.63. The van der Waals surface area contributed by atoms with E-state index in [4.69, 9.17) is 0 Å². The van der Waals surface area contributed by atoms with E-state index >= 15 is 0 Å². The maximum Gasteiger partial charge on any atom is 0.253 e. The molecule has 3 aromatic rings. The first-order chi connectivity index (χ1) is 13.7. The second-order valence-corrected chi connectivity index (χ2v) is 7.21. The molecule has 6 heteroatoms. The fourth-order valence-electron chi connectivity index (χ4n) is 3.81. The van der Waals surface area contributed by atoms with Crippen molar-refractivity contribution in [3.8, 4) is 0 Å². The Morgan fingerprint density at radius 1 is 1.07 bits per heavy atom. The van der Waals surface area contributed by atoms with Crippen LogP contribution in [0.5, 0.6) is 0 Å². The summed E-state index contributed by atoms with van der Waals surface area (Å²) in [5, 5.41) is 9.18. The van der Waals surface area contributed by atoms with Crippen molar-refractivity contribution in [1.82, 2.24) is 19.4 Å². The van der Waals surface area contributed by atoms with Crippen LogP contribution in [0.4, 0.5) is 0 Å². The summed E-state index contributed by atoms with van der Waals surface area (Å²) in [6.07, 6.45) is 9.44. The van der Waals surface area contributed by atoms with Crippen molar-refractivity contribution in [3.63, 3.8) is 0 Å². The zero-order chi connectivity index (χ0) is 19.3. The lowest BCUT2D eigenvalue weighted by atomic mass is 9.96. The molecule has 1 aromatic carbocycles. The third-order valence-electron chi connectivity index (χ3n) is 5.31. The number of hydrogen-bond donors (Lipinski definition) is 1. The van der Waals surface area contributed by atoms with E-state index in [1.54, 1.807) is 36.7 Å². The Kier molecular flexibility index (Phi) is 5.48. The van der Waals surface area contributed by atoms with Crippen LogP contribution in [-0.4, -0.2) is 43.5 Å². The quantitative estimate of drug-likeness (QED) is 0.743. The monoisotopic (exact) mass is 376 g/mol. The van der Waals surface area contributed by atoms with Crippen LogP contribution in [0, 0.1) is 0 Å². The number of amides is 1. The highest BCUT2D eigenvalue weighted by atomic mass is 16.3. The van der Waals surface area contributed by atoms with Crippen LogP contribution in [0.25, 0.3) is 0 Å². The predicted molar refractivity (Wildman–Crippen MR) is 106 cm³/mol. The summed E-state index contributed by atoms with van der Waals surface area (Å²) >= 11 is 0. The molecule has 1 N–H and O–H groups in total. The summed E-state index contributed by atoms with van der Waals surface area (Å²) in [4.78, 5) is 23.5. The molecule has 0 radical (unpaired) electrons. The number of aliphatic hydroxyl groups excluding tert-OH is 1. The van der Waals surface area contributed by atoms with Crippen molar-refractivity contribution in [2.45, 2.75) is 31.9 Å². The van der Waals surface area contributed by atoms with E-state index < -0.39 is 0 Å². The Morgan fingerprint density at radius 3 is 2.61 bits per heavy atom. The zero-order valence-electron chi connectivity index (χ0n) is 15.7. The van der Waals surface area contributed by atoms with Crippen molar-refractivity contribution in [2.24, 2.45) is 0 Å². The number of benzene rings is 1. The normalized spacial score (nSPS) is 16.9. The molecule has 0 bridgehead atoms. The largest absolute Gasteiger partial charge is 0.392 e. The first kappa shape index (κ1) is 18.4. The van der Waals surface area contributed by atoms with Crippen molar-refractivity contribution in [3.05, 3.63) is 83.7 Å². The molecule has 0 saturated carbocycles. The molecular formula is C22H24N4O2. The number of imidazole rings is 1. The SMILES string of the molecule is O=C(c1ccc(CO)cc1)N1CCCC(c2nccn2Cc2ccncc2)C1. The van der Waals surface area contributed by atoms with Gasteiger partial charge in [-0.3, -0.25) is 9.78 Å². The molecule has 1 saturated heterocycles. The average molecular weight is 376 g/mol. The van der Waals surface area contributed by atoms with E-state index in [9.17, 15) is 9.90 Å². The minimum absolute atomic E-state index is 0.0135. The molecule has 2 aromatic heterocycles. The average Bonchev–Trinajstić information content (AvgIpc) is 3.22. The molecule has 1 aliphatic heterocycles. The summed E-state index contributed by atoms with van der Waals surface area (Å²) in [5.41, 5.74) is 2.66. The number of rotatable bonds is 5. The van der Waals surface area contributed by atoms with Crippen LogP contribution in [0.2, 0.25) is 0 Å². The lowest BCUT2D eigenvalue weighted by molar-refractivity contribution is 0.0703. The van der Waals surface area contributed by atoms with Crippen LogP contribution in [-0.2, 0) is 13.2 Å². The van der Waals surface area contributed by atoms with E-state index in [0.717, 1.165) is 37.3 Å². The number of piperidine rings is 1. The Labute approximate surface area is 164 Å². The Bertz CT molecular complexity index is 921. The van der Waals surface area contributed by atoms with Gasteiger partial charge in [0.15, 0.2) is 0 Å². The highest BCUT2D eigenvalue weighted by Gasteiger charge is 2.28. The summed E-state index contributed by atoms with van der Waals surface area (Å²) in [6, 6.07) is 11.2. The van der Waals surface area contributed by atoms with Gasteiger partial charge >= 0.3 is 0 Å². The Morgan fingerprint density at radius 2 is 1.86 bits per heavy atom. The Balaban J connectivity index is 1.48. The van der Waals surface area contributed by atoms with Crippen LogP contribution >= 0.6 is 0 Å². The fraction of sp³-hybridized carbons (Fsp3) is 0.318. The van der Waals surface area contributed by atoms with Crippen LogP contribution < -0.4 is 0 Å². The van der Waals surface area contributed by atoms with Gasteiger partial charge in [0.05, 0.1) is 6.61 Å². The van der Waals surface area contributed by atoms with Gasteiger partial charge in [0.25, 0.3) is 5.91 Å². The van der Waals surface area contributed by atoms with Crippen LogP contribution in [0.15, 0.2) is 61.2 Å². The van der Waals surface area contributed by atoms with Gasteiger partial charge in [-0.05, 0) is 48.2 Å². The van der Waals surface area contributed by atoms with Gasteiger partial charge in [-0.15, -0.1) is 0 Å². The highest BCUT2D eigenvalue weighted by molar-refractivity contribution is 5.94. The molecule has 0 spiro atoms. The van der Waals surface area contributed by atoms with Crippen molar-refractivity contribution >= 4 is 5.91 Å². The number of nitrogens with zero attached hydrogens (tertiary/aromatic N) is 4. The van der Waals surface area contributed by atoms with Gasteiger partial charge in [0.2, 0.25) is 0 Å². The van der Waals surface area contributed by atoms with E-state index in [1.807, 2.05) is 29.4 Å². The molecule has 6 nitrogen and oxygen atoms in total. The summed E-state index contributed by atoms with van der Waals surface area (Å²) in [6.45, 7) is 2.18. The lowest BCUT2D eigenvalue weighted by Gasteiger charge is -2.33. The van der Waals surface area contributed by atoms with Gasteiger partial charge in [-0.2, -0.15) is 0 Å². The molecule has 1 fully saturated rings. The molecule has 1 aliphatic rings. The fourth-order valence-corrected chi connectivity index (χ4v) is 3.81. The van der Waals surface area contributed by atoms with E-state index in [0.29, 0.717) is 12.1 Å². The molecule has 4 rings (SSSR count). The van der Waals surface area contributed by atoms with Crippen LogP contribution in [0.3, 0.4) is 0 Å². The van der Waals surface area contributed by atoms with Crippen molar-refractivity contribution < 1.29 is 9.90 Å². The number of pyridine rings is 1. The molecule has 0 aliphatic carbocycles. The summed E-state index contributed by atoms with van der Waals surface area (Å²) in [5.74, 6) is 1.30. The maximum absolute atomic E-state index is 12.9. The number of carbonyl (C=O) groups excluding carboxylic acids is 1. The zero-order valence-corrected chi connectivity index (χ0v) is 15.7. The second-order valence-electron chi connectivity index (χ2n) is 7.21. The molecule has 1 unspecified atom stereocenters. The first-order valence-electron chi connectivity index (χ1n) is 9.63.